The van der Waals surface area contributed by atoms with Gasteiger partial charge in [-0.15, -0.1) is 0 Å². The minimum atomic E-state index is -1.17. The number of hydrogen-bond acceptors (Lipinski definition) is 9. The van der Waals surface area contributed by atoms with Crippen molar-refractivity contribution in [2.75, 3.05) is 52.8 Å². The van der Waals surface area contributed by atoms with E-state index in [9.17, 15) is 19.8 Å². The number of para-hydroxylation sites is 1. The summed E-state index contributed by atoms with van der Waals surface area (Å²) in [5, 5.41) is 30.7. The Bertz CT molecular complexity index is 1850. The van der Waals surface area contributed by atoms with Gasteiger partial charge in [0.15, 0.2) is 0 Å². The second-order valence-corrected chi connectivity index (χ2v) is 21.2. The minimum Gasteiger partial charge on any atom is -0.492 e. The molecule has 2 aromatic carbocycles. The van der Waals surface area contributed by atoms with Gasteiger partial charge >= 0.3 is 0 Å². The third-order valence-electron chi connectivity index (χ3n) is 14.6. The fourth-order valence-electron chi connectivity index (χ4n) is 10.9. The standard InChI is InChI=1S/C47H71N5O6/c1-28-37-20-33(45(37,5)6)21-38(28)49-43(55)41-47(27-46(47,7)56)39(25-53)58-52(41)23-30-13-12-14-36(40(30)57-26-29-15-16-29)31-17-32(19-35(18-31)51(10)11)42(54)48-34(24-50(8)9)22-44(2,3)4/h12-14,17-19,28-29,33-34,37-39,41,53,56H,15-16,20-27H2,1-11H3,(H,48,54)(H,49,55)/t28-,33+,34-,37-,38-,39-,41+,46?,47+/m0/s1. The van der Waals surface area contributed by atoms with E-state index in [0.29, 0.717) is 48.0 Å². The molecular weight excluding hydrogens is 731 g/mol. The van der Waals surface area contributed by atoms with Gasteiger partial charge in [-0.05, 0) is 118 Å². The molecule has 9 atom stereocenters. The van der Waals surface area contributed by atoms with Gasteiger partial charge in [0.2, 0.25) is 5.91 Å². The van der Waals surface area contributed by atoms with E-state index in [1.54, 1.807) is 12.0 Å². The first-order valence-electron chi connectivity index (χ1n) is 21.7. The maximum Gasteiger partial charge on any atom is 0.251 e. The Morgan fingerprint density at radius 3 is 2.34 bits per heavy atom. The molecule has 11 heteroatoms. The van der Waals surface area contributed by atoms with Crippen LogP contribution in [0.15, 0.2) is 36.4 Å². The first kappa shape index (κ1) is 42.9. The zero-order chi connectivity index (χ0) is 42.1. The summed E-state index contributed by atoms with van der Waals surface area (Å²) < 4.78 is 6.75. The van der Waals surface area contributed by atoms with Gasteiger partial charge < -0.3 is 35.4 Å². The summed E-state index contributed by atoms with van der Waals surface area (Å²) in [5.74, 6) is 2.36. The number of nitrogens with zero attached hydrogens (tertiary/aromatic N) is 3. The fraction of sp³-hybridized carbons (Fsp3) is 0.702. The van der Waals surface area contributed by atoms with Crippen LogP contribution in [0.25, 0.3) is 11.1 Å². The van der Waals surface area contributed by atoms with Crippen LogP contribution in [0.4, 0.5) is 5.69 Å². The van der Waals surface area contributed by atoms with Crippen LogP contribution in [0.1, 0.15) is 103 Å². The van der Waals surface area contributed by atoms with Gasteiger partial charge in [-0.3, -0.25) is 14.4 Å². The van der Waals surface area contributed by atoms with Crippen LogP contribution in [-0.2, 0) is 16.2 Å². The molecule has 5 saturated carbocycles. The average molecular weight is 802 g/mol. The van der Waals surface area contributed by atoms with Gasteiger partial charge in [0, 0.05) is 55.1 Å². The monoisotopic (exact) mass is 802 g/mol. The zero-order valence-corrected chi connectivity index (χ0v) is 37.0. The van der Waals surface area contributed by atoms with E-state index < -0.39 is 23.2 Å². The highest BCUT2D eigenvalue weighted by molar-refractivity contribution is 5.97. The van der Waals surface area contributed by atoms with Crippen molar-refractivity contribution < 1.29 is 29.4 Å². The lowest BCUT2D eigenvalue weighted by molar-refractivity contribution is -0.183. The number of carbonyl (C=O) groups excluding carboxylic acids is 2. The predicted octanol–water partition coefficient (Wildman–Crippen LogP) is 6.11. The number of fused-ring (bicyclic) bond motifs is 2. The van der Waals surface area contributed by atoms with Gasteiger partial charge in [-0.1, -0.05) is 59.7 Å². The van der Waals surface area contributed by atoms with Crippen molar-refractivity contribution in [1.82, 2.24) is 20.6 Å². The van der Waals surface area contributed by atoms with Crippen LogP contribution in [0.5, 0.6) is 5.75 Å². The van der Waals surface area contributed by atoms with E-state index in [4.69, 9.17) is 9.57 Å². The van der Waals surface area contributed by atoms with Crippen LogP contribution in [0.3, 0.4) is 0 Å². The first-order chi connectivity index (χ1) is 27.1. The maximum absolute atomic E-state index is 14.7. The number of likely N-dealkylation sites (N-methyl/N-ethyl adjacent to an activating group) is 1. The van der Waals surface area contributed by atoms with E-state index in [1.807, 2.05) is 63.4 Å². The molecule has 0 aromatic heterocycles. The Morgan fingerprint density at radius 2 is 1.78 bits per heavy atom. The topological polar surface area (TPSA) is 127 Å². The Balaban J connectivity index is 1.22. The molecule has 2 aromatic rings. The Hall–Kier alpha value is -3.22. The van der Waals surface area contributed by atoms with Crippen LogP contribution in [-0.4, -0.2) is 110 Å². The highest BCUT2D eigenvalue weighted by atomic mass is 16.7. The fourth-order valence-corrected chi connectivity index (χ4v) is 10.9. The van der Waals surface area contributed by atoms with Crippen LogP contribution in [0, 0.1) is 39.9 Å². The van der Waals surface area contributed by atoms with Crippen molar-refractivity contribution in [1.29, 1.82) is 0 Å². The lowest BCUT2D eigenvalue weighted by Crippen LogP contribution is -2.62. The summed E-state index contributed by atoms with van der Waals surface area (Å²) >= 11 is 0. The molecule has 1 aliphatic heterocycles. The third-order valence-corrected chi connectivity index (χ3v) is 14.6. The first-order valence-corrected chi connectivity index (χ1v) is 21.7. The van der Waals surface area contributed by atoms with Crippen molar-refractivity contribution >= 4 is 17.5 Å². The Labute approximate surface area is 347 Å². The van der Waals surface area contributed by atoms with E-state index in [-0.39, 0.29) is 47.9 Å². The van der Waals surface area contributed by atoms with Gasteiger partial charge in [0.05, 0.1) is 30.8 Å². The lowest BCUT2D eigenvalue weighted by Gasteiger charge is -2.62. The van der Waals surface area contributed by atoms with Crippen molar-refractivity contribution in [3.05, 3.63) is 47.5 Å². The largest absolute Gasteiger partial charge is 0.492 e. The summed E-state index contributed by atoms with van der Waals surface area (Å²) in [4.78, 5) is 39.4. The highest BCUT2D eigenvalue weighted by Crippen LogP contribution is 2.66. The molecule has 1 heterocycles. The summed E-state index contributed by atoms with van der Waals surface area (Å²) in [5.41, 5.74) is 2.19. The molecule has 320 valence electrons. The van der Waals surface area contributed by atoms with Crippen molar-refractivity contribution in [3.8, 4) is 16.9 Å². The average Bonchev–Trinajstić information content (AvgIpc) is 4.02. The van der Waals surface area contributed by atoms with Gasteiger partial charge in [-0.2, -0.15) is 5.06 Å². The molecule has 58 heavy (non-hydrogen) atoms. The molecule has 8 rings (SSSR count). The van der Waals surface area contributed by atoms with E-state index >= 15 is 0 Å². The van der Waals surface area contributed by atoms with Gasteiger partial charge in [0.1, 0.15) is 17.9 Å². The van der Waals surface area contributed by atoms with Gasteiger partial charge in [-0.25, -0.2) is 0 Å². The van der Waals surface area contributed by atoms with Crippen LogP contribution in [0.2, 0.25) is 0 Å². The van der Waals surface area contributed by atoms with Gasteiger partial charge in [0.25, 0.3) is 5.91 Å². The Kier molecular flexibility index (Phi) is 11.6. The lowest BCUT2D eigenvalue weighted by atomic mass is 9.45. The van der Waals surface area contributed by atoms with E-state index in [1.165, 1.54) is 6.42 Å². The molecule has 11 nitrogen and oxygen atoms in total. The molecule has 1 saturated heterocycles. The zero-order valence-electron chi connectivity index (χ0n) is 37.0. The van der Waals surface area contributed by atoms with E-state index in [2.05, 4.69) is 63.1 Å². The minimum absolute atomic E-state index is 0.0301. The normalized spacial score (nSPS) is 31.8. The molecular formula is C47H71N5O6. The summed E-state index contributed by atoms with van der Waals surface area (Å²) in [6, 6.07) is 11.2. The smallest absolute Gasteiger partial charge is 0.251 e. The third kappa shape index (κ3) is 8.27. The van der Waals surface area contributed by atoms with Crippen molar-refractivity contribution in [3.63, 3.8) is 0 Å². The molecule has 0 radical (unpaired) electrons. The van der Waals surface area contributed by atoms with Crippen molar-refractivity contribution in [2.24, 2.45) is 39.9 Å². The second-order valence-electron chi connectivity index (χ2n) is 21.2. The molecule has 1 unspecified atom stereocenters. The number of ether oxygens (including phenoxy) is 1. The molecule has 2 amide bonds. The number of hydrogen-bond donors (Lipinski definition) is 4. The molecule has 6 fully saturated rings. The maximum atomic E-state index is 14.7. The molecule has 5 aliphatic carbocycles. The highest BCUT2D eigenvalue weighted by Gasteiger charge is 2.78. The molecule has 2 bridgehead atoms. The number of benzene rings is 2. The number of aliphatic hydroxyl groups excluding tert-OH is 1. The summed E-state index contributed by atoms with van der Waals surface area (Å²) in [6.45, 7) is 16.5. The number of anilines is 1. The quantitative estimate of drug-likeness (QED) is 0.169. The van der Waals surface area contributed by atoms with Crippen LogP contribution < -0.4 is 20.3 Å². The summed E-state index contributed by atoms with van der Waals surface area (Å²) in [6.07, 6.45) is 4.85. The number of rotatable bonds is 15. The van der Waals surface area contributed by atoms with Crippen LogP contribution >= 0.6 is 0 Å². The number of nitrogens with one attached hydrogen (secondary N) is 2. The summed E-state index contributed by atoms with van der Waals surface area (Å²) in [7, 11) is 8.01. The molecule has 1 spiro atoms. The number of aliphatic hydroxyl groups is 2. The molecule has 4 N–H and O–H groups in total. The SMILES string of the molecule is C[C@@H]1[C@@H](NC(=O)[C@H]2N(Cc3cccc(-c4cc(C(=O)N[C@H](CN(C)C)CC(C)(C)C)cc(N(C)C)c4)c3OCC3CC3)O[C@@H](CO)[C@]23CC3(C)O)C[C@H]2C[C@@H]1C2(C)C. The van der Waals surface area contributed by atoms with Crippen molar-refractivity contribution in [2.45, 2.75) is 123 Å². The Morgan fingerprint density at radius 1 is 1.07 bits per heavy atom. The van der Waals surface area contributed by atoms with E-state index in [0.717, 1.165) is 54.6 Å². The number of hydroxylamine groups is 2. The molecule has 6 aliphatic rings. The second kappa shape index (κ2) is 15.7. The predicted molar refractivity (Wildman–Crippen MR) is 228 cm³/mol. The number of amides is 2. The number of carbonyl (C=O) groups is 2.